The van der Waals surface area contributed by atoms with Gasteiger partial charge in [-0.2, -0.15) is 13.2 Å². The molecule has 0 aliphatic carbocycles. The Morgan fingerprint density at radius 1 is 1.22 bits per heavy atom. The molecule has 0 amide bonds. The second kappa shape index (κ2) is 6.55. The van der Waals surface area contributed by atoms with E-state index in [1.54, 1.807) is 0 Å². The Morgan fingerprint density at radius 2 is 1.74 bits per heavy atom. The summed E-state index contributed by atoms with van der Waals surface area (Å²) in [4.78, 5) is 43.7. The Kier molecular flexibility index (Phi) is 5.20. The first-order chi connectivity index (χ1) is 10.5. The van der Waals surface area contributed by atoms with Gasteiger partial charge in [-0.05, 0) is 13.0 Å². The highest BCUT2D eigenvalue weighted by atomic mass is 19.4. The molecule has 0 fully saturated rings. The van der Waals surface area contributed by atoms with Crippen molar-refractivity contribution in [1.82, 2.24) is 0 Å². The maximum atomic E-state index is 12.8. The number of hydrogen-bond donors (Lipinski definition) is 1. The predicted molar refractivity (Wildman–Crippen MR) is 68.4 cm³/mol. The number of benzene rings is 1. The molecule has 1 rings (SSSR count). The number of Topliss-reactive ketones (excluding diaryl/α,β-unsaturated/α-hetero) is 2. The van der Waals surface area contributed by atoms with Gasteiger partial charge in [-0.15, -0.1) is 0 Å². The Morgan fingerprint density at radius 3 is 2.17 bits per heavy atom. The van der Waals surface area contributed by atoms with Gasteiger partial charge in [0.15, 0.2) is 5.78 Å². The Balaban J connectivity index is 3.23. The fourth-order valence-corrected chi connectivity index (χ4v) is 1.86. The van der Waals surface area contributed by atoms with Gasteiger partial charge in [0, 0.05) is 10.5 Å². The van der Waals surface area contributed by atoms with Crippen LogP contribution in [0.15, 0.2) is 24.3 Å². The van der Waals surface area contributed by atoms with Gasteiger partial charge in [-0.3, -0.25) is 19.7 Å². The lowest BCUT2D eigenvalue weighted by Gasteiger charge is -2.15. The molecule has 0 radical (unpaired) electrons. The van der Waals surface area contributed by atoms with Gasteiger partial charge in [0.25, 0.3) is 0 Å². The molecular weight excluding hydrogens is 323 g/mol. The number of aliphatic carboxylic acids is 1. The van der Waals surface area contributed by atoms with Crippen molar-refractivity contribution in [2.45, 2.75) is 19.1 Å². The third-order valence-corrected chi connectivity index (χ3v) is 3.03. The van der Waals surface area contributed by atoms with E-state index in [1.165, 1.54) is 0 Å². The van der Waals surface area contributed by atoms with Crippen LogP contribution in [0.25, 0.3) is 0 Å². The molecule has 1 aromatic carbocycles. The van der Waals surface area contributed by atoms with Crippen molar-refractivity contribution in [2.24, 2.45) is 5.92 Å². The lowest BCUT2D eigenvalue weighted by atomic mass is 9.89. The second-order valence-corrected chi connectivity index (χ2v) is 4.56. The van der Waals surface area contributed by atoms with Gasteiger partial charge < -0.3 is 5.11 Å². The molecule has 23 heavy (non-hydrogen) atoms. The first-order valence-corrected chi connectivity index (χ1v) is 6.09. The first kappa shape index (κ1) is 18.3. The quantitative estimate of drug-likeness (QED) is 0.367. The minimum atomic E-state index is -4.87. The summed E-state index contributed by atoms with van der Waals surface area (Å²) >= 11 is 0. The van der Waals surface area contributed by atoms with E-state index in [2.05, 4.69) is 0 Å². The third-order valence-electron chi connectivity index (χ3n) is 3.03. The number of nitrogens with zero attached hydrogens (tertiary/aromatic N) is 1. The lowest BCUT2D eigenvalue weighted by molar-refractivity contribution is -0.496. The molecule has 0 aliphatic heterocycles. The van der Waals surface area contributed by atoms with E-state index in [0.717, 1.165) is 25.1 Å². The molecule has 0 heterocycles. The Hall–Kier alpha value is -2.78. The molecule has 0 saturated carbocycles. The number of ketones is 2. The molecule has 7 nitrogen and oxygen atoms in total. The van der Waals surface area contributed by atoms with E-state index in [9.17, 15) is 37.7 Å². The number of alkyl halides is 3. The number of nitro groups is 1. The van der Waals surface area contributed by atoms with Crippen LogP contribution in [0.2, 0.25) is 0 Å². The Labute approximate surface area is 126 Å². The number of carboxylic acids is 1. The summed E-state index contributed by atoms with van der Waals surface area (Å²) in [5, 5.41) is 19.2. The summed E-state index contributed by atoms with van der Waals surface area (Å²) in [6.45, 7) is 0.831. The zero-order valence-corrected chi connectivity index (χ0v) is 11.5. The number of carbonyl (C=O) groups is 3. The highest BCUT2D eigenvalue weighted by Crippen LogP contribution is 2.33. The predicted octanol–water partition coefficient (Wildman–Crippen LogP) is 1.82. The molecule has 10 heteroatoms. The van der Waals surface area contributed by atoms with Crippen molar-refractivity contribution in [3.8, 4) is 0 Å². The number of hydrogen-bond acceptors (Lipinski definition) is 5. The number of halogens is 3. The fraction of sp³-hybridized carbons (Fsp3) is 0.308. The summed E-state index contributed by atoms with van der Waals surface area (Å²) < 4.78 is 38.5. The van der Waals surface area contributed by atoms with Crippen LogP contribution in [0.1, 0.15) is 22.8 Å². The summed E-state index contributed by atoms with van der Waals surface area (Å²) in [6, 6.07) is 0.876. The average molecular weight is 333 g/mol. The van der Waals surface area contributed by atoms with Gasteiger partial charge in [0.2, 0.25) is 5.78 Å². The smallest absolute Gasteiger partial charge is 0.417 e. The van der Waals surface area contributed by atoms with Gasteiger partial charge >= 0.3 is 18.2 Å². The molecule has 2 atom stereocenters. The summed E-state index contributed by atoms with van der Waals surface area (Å²) in [5.41, 5.74) is -2.16. The van der Waals surface area contributed by atoms with Crippen molar-refractivity contribution >= 4 is 17.5 Å². The molecule has 124 valence electrons. The molecule has 0 spiro atoms. The van der Waals surface area contributed by atoms with Crippen LogP contribution >= 0.6 is 0 Å². The van der Waals surface area contributed by atoms with Crippen LogP contribution in [0, 0.1) is 16.0 Å². The summed E-state index contributed by atoms with van der Waals surface area (Å²) in [6.07, 6.45) is -4.87. The topological polar surface area (TPSA) is 115 Å². The maximum Gasteiger partial charge on any atom is 0.417 e. The first-order valence-electron chi connectivity index (χ1n) is 6.09. The molecule has 0 saturated heterocycles. The van der Waals surface area contributed by atoms with Gasteiger partial charge in [-0.1, -0.05) is 18.2 Å². The monoisotopic (exact) mass is 333 g/mol. The summed E-state index contributed by atoms with van der Waals surface area (Å²) in [5.74, 6) is -6.94. The molecule has 0 aromatic heterocycles. The number of carboxylic acid groups (broad SMARTS) is 1. The van der Waals surface area contributed by atoms with E-state index in [1.807, 2.05) is 0 Å². The lowest BCUT2D eigenvalue weighted by Crippen LogP contribution is -2.42. The van der Waals surface area contributed by atoms with Crippen LogP contribution < -0.4 is 0 Å². The fourth-order valence-electron chi connectivity index (χ4n) is 1.86. The van der Waals surface area contributed by atoms with Crippen molar-refractivity contribution in [2.75, 3.05) is 0 Å². The van der Waals surface area contributed by atoms with Crippen molar-refractivity contribution in [3.05, 3.63) is 45.5 Å². The second-order valence-electron chi connectivity index (χ2n) is 4.56. The highest BCUT2D eigenvalue weighted by molar-refractivity contribution is 6.16. The zero-order chi connectivity index (χ0) is 17.9. The van der Waals surface area contributed by atoms with Crippen LogP contribution in [-0.2, 0) is 15.8 Å². The average Bonchev–Trinajstić information content (AvgIpc) is 2.43. The molecule has 0 aliphatic rings. The zero-order valence-electron chi connectivity index (χ0n) is 11.5. The van der Waals surface area contributed by atoms with E-state index >= 15 is 0 Å². The summed E-state index contributed by atoms with van der Waals surface area (Å²) in [7, 11) is 0. The normalized spacial score (nSPS) is 13.9. The molecular formula is C13H10F3NO6. The molecule has 1 aromatic rings. The van der Waals surface area contributed by atoms with Crippen molar-refractivity contribution < 1.29 is 37.6 Å². The van der Waals surface area contributed by atoms with Crippen LogP contribution in [0.5, 0.6) is 0 Å². The largest absolute Gasteiger partial charge is 0.476 e. The van der Waals surface area contributed by atoms with Gasteiger partial charge in [0.1, 0.15) is 0 Å². The SMILES string of the molecule is CC(C(=O)c1ccccc1C(F)(F)F)C(=O)C(C(=O)O)[N+](=O)[O-]. The number of rotatable bonds is 6. The van der Waals surface area contributed by atoms with Crippen LogP contribution in [0.3, 0.4) is 0 Å². The molecule has 1 N–H and O–H groups in total. The molecule has 0 bridgehead atoms. The number of carbonyl (C=O) groups excluding carboxylic acids is 2. The van der Waals surface area contributed by atoms with E-state index in [0.29, 0.717) is 6.07 Å². The third kappa shape index (κ3) is 3.90. The van der Waals surface area contributed by atoms with E-state index in [-0.39, 0.29) is 0 Å². The minimum absolute atomic E-state index is 0.618. The Bertz CT molecular complexity index is 656. The van der Waals surface area contributed by atoms with Gasteiger partial charge in [-0.25, -0.2) is 4.79 Å². The molecule has 2 unspecified atom stereocenters. The van der Waals surface area contributed by atoms with E-state index in [4.69, 9.17) is 5.11 Å². The van der Waals surface area contributed by atoms with E-state index < -0.39 is 51.7 Å². The van der Waals surface area contributed by atoms with Crippen molar-refractivity contribution in [3.63, 3.8) is 0 Å². The standard InChI is InChI=1S/C13H10F3NO6/c1-6(11(19)9(12(20)21)17(22)23)10(18)7-4-2-3-5-8(7)13(14,15)16/h2-6,9H,1H3,(H,20,21). The van der Waals surface area contributed by atoms with Crippen LogP contribution in [-0.4, -0.2) is 33.6 Å². The minimum Gasteiger partial charge on any atom is -0.476 e. The van der Waals surface area contributed by atoms with Crippen LogP contribution in [0.4, 0.5) is 13.2 Å². The van der Waals surface area contributed by atoms with Crippen molar-refractivity contribution in [1.29, 1.82) is 0 Å². The van der Waals surface area contributed by atoms with Gasteiger partial charge in [0.05, 0.1) is 11.5 Å². The highest BCUT2D eigenvalue weighted by Gasteiger charge is 2.44. The maximum absolute atomic E-state index is 12.8.